The van der Waals surface area contributed by atoms with Gasteiger partial charge in [-0.05, 0) is 28.1 Å². The fourth-order valence-corrected chi connectivity index (χ4v) is 1.95. The molecule has 0 atom stereocenters. The van der Waals surface area contributed by atoms with Crippen LogP contribution in [0.4, 0.5) is 22.0 Å². The van der Waals surface area contributed by atoms with Crippen LogP contribution < -0.4 is 0 Å². The average Bonchev–Trinajstić information content (AvgIpc) is 2.33. The quantitative estimate of drug-likeness (QED) is 0.446. The maximum absolute atomic E-state index is 13.7. The second kappa shape index (κ2) is 5.32. The lowest BCUT2D eigenvalue weighted by molar-refractivity contribution is 0.102. The standard InChI is InChI=1S/C13H4BrF5O/c14-6-1-2-7(16)11(12(6)19)13(20)10-8(17)3-5(15)4-9(10)18/h1-4H. The van der Waals surface area contributed by atoms with Crippen LogP contribution in [0.2, 0.25) is 0 Å². The van der Waals surface area contributed by atoms with Gasteiger partial charge in [-0.2, -0.15) is 0 Å². The Morgan fingerprint density at radius 3 is 1.95 bits per heavy atom. The molecule has 0 unspecified atom stereocenters. The highest BCUT2D eigenvalue weighted by molar-refractivity contribution is 9.10. The second-order valence-electron chi connectivity index (χ2n) is 3.79. The zero-order chi connectivity index (χ0) is 15.0. The minimum Gasteiger partial charge on any atom is -0.288 e. The molecule has 7 heteroatoms. The third-order valence-corrected chi connectivity index (χ3v) is 3.12. The maximum atomic E-state index is 13.7. The minimum absolute atomic E-state index is 0.245. The third-order valence-electron chi connectivity index (χ3n) is 2.50. The van der Waals surface area contributed by atoms with Crippen LogP contribution in [0.3, 0.4) is 0 Å². The summed E-state index contributed by atoms with van der Waals surface area (Å²) in [7, 11) is 0. The normalized spacial score (nSPS) is 10.7. The highest BCUT2D eigenvalue weighted by atomic mass is 79.9. The Labute approximate surface area is 118 Å². The van der Waals surface area contributed by atoms with E-state index in [-0.39, 0.29) is 16.6 Å². The third kappa shape index (κ3) is 2.45. The maximum Gasteiger partial charge on any atom is 0.204 e. The van der Waals surface area contributed by atoms with Gasteiger partial charge in [-0.25, -0.2) is 22.0 Å². The second-order valence-corrected chi connectivity index (χ2v) is 4.65. The van der Waals surface area contributed by atoms with Gasteiger partial charge in [-0.1, -0.05) is 0 Å². The highest BCUT2D eigenvalue weighted by Gasteiger charge is 2.26. The number of carbonyl (C=O) groups excluding carboxylic acids is 1. The molecular formula is C13H4BrF5O. The topological polar surface area (TPSA) is 17.1 Å². The van der Waals surface area contributed by atoms with Crippen molar-refractivity contribution in [2.75, 3.05) is 0 Å². The summed E-state index contributed by atoms with van der Waals surface area (Å²) >= 11 is 2.73. The number of benzene rings is 2. The number of carbonyl (C=O) groups is 1. The Bertz CT molecular complexity index is 691. The molecule has 0 aliphatic rings. The summed E-state index contributed by atoms with van der Waals surface area (Å²) in [6.07, 6.45) is 0. The van der Waals surface area contributed by atoms with Gasteiger partial charge in [0.1, 0.15) is 23.3 Å². The highest BCUT2D eigenvalue weighted by Crippen LogP contribution is 2.26. The van der Waals surface area contributed by atoms with Gasteiger partial charge < -0.3 is 0 Å². The van der Waals surface area contributed by atoms with Crippen LogP contribution in [0.5, 0.6) is 0 Å². The molecule has 0 saturated carbocycles. The van der Waals surface area contributed by atoms with Gasteiger partial charge in [-0.15, -0.1) is 0 Å². The van der Waals surface area contributed by atoms with E-state index in [1.807, 2.05) is 0 Å². The number of ketones is 1. The molecule has 2 aromatic rings. The Hall–Kier alpha value is -1.76. The Balaban J connectivity index is 2.67. The first-order chi connectivity index (χ1) is 9.32. The van der Waals surface area contributed by atoms with Crippen LogP contribution in [0, 0.1) is 29.1 Å². The summed E-state index contributed by atoms with van der Waals surface area (Å²) in [6, 6.07) is 2.27. The van der Waals surface area contributed by atoms with Crippen molar-refractivity contribution in [2.45, 2.75) is 0 Å². The van der Waals surface area contributed by atoms with E-state index in [2.05, 4.69) is 15.9 Å². The summed E-state index contributed by atoms with van der Waals surface area (Å²) in [6.45, 7) is 0. The fraction of sp³-hybridized carbons (Fsp3) is 0. The number of rotatable bonds is 2. The van der Waals surface area contributed by atoms with Gasteiger partial charge in [0.15, 0.2) is 5.82 Å². The van der Waals surface area contributed by atoms with E-state index in [1.165, 1.54) is 0 Å². The SMILES string of the molecule is O=C(c1c(F)cc(F)cc1F)c1c(F)ccc(Br)c1F. The first kappa shape index (κ1) is 14.6. The molecule has 0 radical (unpaired) electrons. The molecule has 0 saturated heterocycles. The van der Waals surface area contributed by atoms with Gasteiger partial charge in [0.2, 0.25) is 5.78 Å². The molecule has 0 amide bonds. The van der Waals surface area contributed by atoms with Crippen LogP contribution in [0.15, 0.2) is 28.7 Å². The molecule has 0 aromatic heterocycles. The molecule has 20 heavy (non-hydrogen) atoms. The zero-order valence-electron chi connectivity index (χ0n) is 9.49. The summed E-state index contributed by atoms with van der Waals surface area (Å²) in [5.41, 5.74) is -2.34. The van der Waals surface area contributed by atoms with Gasteiger partial charge in [0.05, 0.1) is 15.6 Å². The molecular weight excluding hydrogens is 347 g/mol. The van der Waals surface area contributed by atoms with E-state index in [0.29, 0.717) is 0 Å². The van der Waals surface area contributed by atoms with Crippen molar-refractivity contribution in [3.05, 3.63) is 69.0 Å². The van der Waals surface area contributed by atoms with Gasteiger partial charge in [0, 0.05) is 12.1 Å². The molecule has 0 heterocycles. The van der Waals surface area contributed by atoms with E-state index in [0.717, 1.165) is 12.1 Å². The largest absolute Gasteiger partial charge is 0.288 e. The first-order valence-corrected chi connectivity index (χ1v) is 5.95. The van der Waals surface area contributed by atoms with Crippen LogP contribution in [-0.2, 0) is 0 Å². The van der Waals surface area contributed by atoms with Gasteiger partial charge in [0.25, 0.3) is 0 Å². The lowest BCUT2D eigenvalue weighted by Crippen LogP contribution is -2.12. The van der Waals surface area contributed by atoms with Crippen molar-refractivity contribution in [2.24, 2.45) is 0 Å². The number of hydrogen-bond acceptors (Lipinski definition) is 1. The van der Waals surface area contributed by atoms with E-state index in [4.69, 9.17) is 0 Å². The van der Waals surface area contributed by atoms with E-state index in [1.54, 1.807) is 0 Å². The van der Waals surface area contributed by atoms with Crippen LogP contribution in [0.1, 0.15) is 15.9 Å². The summed E-state index contributed by atoms with van der Waals surface area (Å²) < 4.78 is 66.6. The Kier molecular flexibility index (Phi) is 3.89. The predicted molar refractivity (Wildman–Crippen MR) is 63.8 cm³/mol. The van der Waals surface area contributed by atoms with Gasteiger partial charge >= 0.3 is 0 Å². The Morgan fingerprint density at radius 1 is 0.850 bits per heavy atom. The van der Waals surface area contributed by atoms with Crippen LogP contribution >= 0.6 is 15.9 Å². The molecule has 1 nitrogen and oxygen atoms in total. The average molecular weight is 351 g/mol. The van der Waals surface area contributed by atoms with Crippen molar-refractivity contribution in [1.29, 1.82) is 0 Å². The number of hydrogen-bond donors (Lipinski definition) is 0. The Morgan fingerprint density at radius 2 is 1.40 bits per heavy atom. The first-order valence-electron chi connectivity index (χ1n) is 5.15. The van der Waals surface area contributed by atoms with Crippen molar-refractivity contribution < 1.29 is 26.7 Å². The van der Waals surface area contributed by atoms with Crippen molar-refractivity contribution in [3.8, 4) is 0 Å². The summed E-state index contributed by atoms with van der Waals surface area (Å²) in [5, 5.41) is 0. The minimum atomic E-state index is -1.55. The smallest absolute Gasteiger partial charge is 0.204 e. The summed E-state index contributed by atoms with van der Waals surface area (Å²) in [4.78, 5) is 11.9. The van der Waals surface area contributed by atoms with E-state index < -0.39 is 46.0 Å². The molecule has 0 aliphatic heterocycles. The number of halogens is 6. The summed E-state index contributed by atoms with van der Waals surface area (Å²) in [5.74, 6) is -8.43. The van der Waals surface area contributed by atoms with Crippen LogP contribution in [0.25, 0.3) is 0 Å². The van der Waals surface area contributed by atoms with Crippen LogP contribution in [-0.4, -0.2) is 5.78 Å². The molecule has 0 aliphatic carbocycles. The zero-order valence-corrected chi connectivity index (χ0v) is 11.1. The molecule has 0 bridgehead atoms. The lowest BCUT2D eigenvalue weighted by atomic mass is 10.0. The monoisotopic (exact) mass is 350 g/mol. The predicted octanol–water partition coefficient (Wildman–Crippen LogP) is 4.38. The molecule has 104 valence electrons. The van der Waals surface area contributed by atoms with Crippen molar-refractivity contribution >= 4 is 21.7 Å². The molecule has 2 aromatic carbocycles. The van der Waals surface area contributed by atoms with E-state index >= 15 is 0 Å². The fourth-order valence-electron chi connectivity index (χ4n) is 1.62. The van der Waals surface area contributed by atoms with Crippen molar-refractivity contribution in [3.63, 3.8) is 0 Å². The lowest BCUT2D eigenvalue weighted by Gasteiger charge is -2.08. The molecule has 0 fully saturated rings. The van der Waals surface area contributed by atoms with Gasteiger partial charge in [-0.3, -0.25) is 4.79 Å². The van der Waals surface area contributed by atoms with Crippen molar-refractivity contribution in [1.82, 2.24) is 0 Å². The molecule has 0 spiro atoms. The molecule has 2 rings (SSSR count). The molecule has 0 N–H and O–H groups in total. The van der Waals surface area contributed by atoms with E-state index in [9.17, 15) is 26.7 Å².